The number of benzene rings is 1. The fourth-order valence-corrected chi connectivity index (χ4v) is 5.53. The van der Waals surface area contributed by atoms with Crippen LogP contribution in [0.15, 0.2) is 29.2 Å². The molecule has 0 bridgehead atoms. The molecule has 3 rings (SSSR count). The summed E-state index contributed by atoms with van der Waals surface area (Å²) >= 11 is 0. The van der Waals surface area contributed by atoms with Gasteiger partial charge in [-0.15, -0.1) is 0 Å². The van der Waals surface area contributed by atoms with Gasteiger partial charge < -0.3 is 14.0 Å². The van der Waals surface area contributed by atoms with E-state index in [9.17, 15) is 18.5 Å². The zero-order chi connectivity index (χ0) is 22.6. The molecular weight excluding hydrogens is 418 g/mol. The van der Waals surface area contributed by atoms with E-state index in [1.165, 1.54) is 4.31 Å². The molecule has 31 heavy (non-hydrogen) atoms. The molecule has 0 saturated carbocycles. The first kappa shape index (κ1) is 23.0. The molecule has 0 radical (unpaired) electrons. The molecule has 0 spiro atoms. The van der Waals surface area contributed by atoms with Gasteiger partial charge in [0.25, 0.3) is 0 Å². The molecule has 2 heterocycles. The van der Waals surface area contributed by atoms with Gasteiger partial charge in [-0.1, -0.05) is 18.2 Å². The van der Waals surface area contributed by atoms with Gasteiger partial charge in [-0.3, -0.25) is 4.79 Å². The van der Waals surface area contributed by atoms with Crippen molar-refractivity contribution in [3.8, 4) is 6.07 Å². The maximum Gasteiger partial charge on any atom is 0.325 e. The van der Waals surface area contributed by atoms with Crippen molar-refractivity contribution in [3.05, 3.63) is 52.3 Å². The third kappa shape index (κ3) is 4.66. The highest BCUT2D eigenvalue weighted by Gasteiger charge is 2.29. The Hall–Kier alpha value is -2.67. The predicted octanol–water partition coefficient (Wildman–Crippen LogP) is 2.15. The van der Waals surface area contributed by atoms with Crippen LogP contribution < -0.4 is 0 Å². The lowest BCUT2D eigenvalue weighted by Gasteiger charge is -2.27. The van der Waals surface area contributed by atoms with Gasteiger partial charge in [-0.05, 0) is 38.0 Å². The molecule has 1 fully saturated rings. The zero-order valence-electron chi connectivity index (χ0n) is 18.1. The topological polar surface area (TPSA) is 102 Å². The Kier molecular flexibility index (Phi) is 7.15. The highest BCUT2D eigenvalue weighted by Crippen LogP contribution is 2.28. The Balaban J connectivity index is 2.01. The van der Waals surface area contributed by atoms with E-state index in [2.05, 4.69) is 6.07 Å². The van der Waals surface area contributed by atoms with Crippen LogP contribution in [0.25, 0.3) is 0 Å². The summed E-state index contributed by atoms with van der Waals surface area (Å²) in [5, 5.41) is 9.77. The molecule has 1 aromatic heterocycles. The number of rotatable bonds is 7. The monoisotopic (exact) mass is 445 g/mol. The molecule has 9 heteroatoms. The van der Waals surface area contributed by atoms with Crippen LogP contribution in [-0.4, -0.2) is 56.2 Å². The summed E-state index contributed by atoms with van der Waals surface area (Å²) < 4.78 is 40.1. The van der Waals surface area contributed by atoms with E-state index >= 15 is 0 Å². The number of morpholine rings is 1. The molecule has 2 aromatic rings. The summed E-state index contributed by atoms with van der Waals surface area (Å²) in [6.07, 6.45) is 0.269. The first-order chi connectivity index (χ1) is 14.8. The van der Waals surface area contributed by atoms with Crippen LogP contribution in [0, 0.1) is 25.2 Å². The van der Waals surface area contributed by atoms with Crippen molar-refractivity contribution in [2.24, 2.45) is 0 Å². The number of esters is 1. The summed E-state index contributed by atoms with van der Waals surface area (Å²) in [6.45, 7) is 7.01. The van der Waals surface area contributed by atoms with E-state index in [1.807, 2.05) is 6.92 Å². The lowest BCUT2D eigenvalue weighted by Crippen LogP contribution is -2.40. The summed E-state index contributed by atoms with van der Waals surface area (Å²) in [5.74, 6) is -0.380. The van der Waals surface area contributed by atoms with Gasteiger partial charge in [0.2, 0.25) is 10.0 Å². The Morgan fingerprint density at radius 3 is 2.52 bits per heavy atom. The molecule has 1 aliphatic heterocycles. The average Bonchev–Trinajstić information content (AvgIpc) is 2.98. The highest BCUT2D eigenvalue weighted by atomic mass is 32.2. The lowest BCUT2D eigenvalue weighted by atomic mass is 10.0. The number of ether oxygens (including phenoxy) is 2. The number of aromatic nitrogens is 1. The van der Waals surface area contributed by atoms with E-state index in [4.69, 9.17) is 9.47 Å². The second-order valence-electron chi connectivity index (χ2n) is 7.33. The summed E-state index contributed by atoms with van der Waals surface area (Å²) in [7, 11) is -3.69. The van der Waals surface area contributed by atoms with Gasteiger partial charge in [0.05, 0.1) is 30.3 Å². The Morgan fingerprint density at radius 2 is 1.87 bits per heavy atom. The van der Waals surface area contributed by atoms with Crippen molar-refractivity contribution in [3.63, 3.8) is 0 Å². The summed E-state index contributed by atoms with van der Waals surface area (Å²) in [5.41, 5.74) is 3.20. The van der Waals surface area contributed by atoms with Crippen molar-refractivity contribution < 1.29 is 22.7 Å². The number of carbonyl (C=O) groups is 1. The first-order valence-electron chi connectivity index (χ1n) is 10.2. The van der Waals surface area contributed by atoms with E-state index in [0.717, 1.165) is 5.69 Å². The second kappa shape index (κ2) is 9.64. The van der Waals surface area contributed by atoms with E-state index in [-0.39, 0.29) is 30.4 Å². The molecule has 1 aliphatic rings. The minimum atomic E-state index is -3.69. The number of sulfonamides is 1. The molecular formula is C22H27N3O5S. The maximum atomic E-state index is 13.3. The first-order valence-corrected chi connectivity index (χ1v) is 11.6. The fourth-order valence-electron chi connectivity index (χ4n) is 3.90. The summed E-state index contributed by atoms with van der Waals surface area (Å²) in [6, 6.07) is 9.08. The number of nitrogens with zero attached hydrogens (tertiary/aromatic N) is 3. The molecule has 8 nitrogen and oxygen atoms in total. The Morgan fingerprint density at radius 1 is 1.19 bits per heavy atom. The van der Waals surface area contributed by atoms with Crippen molar-refractivity contribution in [1.29, 1.82) is 5.26 Å². The van der Waals surface area contributed by atoms with Crippen molar-refractivity contribution in [2.75, 3.05) is 32.9 Å². The molecule has 166 valence electrons. The van der Waals surface area contributed by atoms with Gasteiger partial charge in [-0.25, -0.2) is 8.42 Å². The maximum absolute atomic E-state index is 13.3. The molecule has 0 amide bonds. The van der Waals surface area contributed by atoms with E-state index < -0.39 is 10.0 Å². The van der Waals surface area contributed by atoms with Crippen LogP contribution >= 0.6 is 0 Å². The molecule has 0 aliphatic carbocycles. The molecule has 0 atom stereocenters. The minimum Gasteiger partial charge on any atom is -0.465 e. The third-order valence-electron chi connectivity index (χ3n) is 5.54. The molecule has 0 unspecified atom stereocenters. The molecule has 1 aromatic carbocycles. The number of nitriles is 1. The van der Waals surface area contributed by atoms with Crippen molar-refractivity contribution >= 4 is 16.0 Å². The molecule has 0 N–H and O–H groups in total. The Labute approximate surface area is 183 Å². The third-order valence-corrected chi connectivity index (χ3v) is 7.54. The van der Waals surface area contributed by atoms with Gasteiger partial charge in [0, 0.05) is 30.9 Å². The van der Waals surface area contributed by atoms with Crippen LogP contribution in [0.2, 0.25) is 0 Å². The predicted molar refractivity (Wildman–Crippen MR) is 114 cm³/mol. The SMILES string of the molecule is CCOC(=O)Cn1c(C)c(C#N)c(Cc2ccccc2S(=O)(=O)N2CCOCC2)c1C. The fraction of sp³-hybridized carbons (Fsp3) is 0.455. The van der Waals surface area contributed by atoms with E-state index in [0.29, 0.717) is 48.7 Å². The van der Waals surface area contributed by atoms with Crippen LogP contribution in [0.5, 0.6) is 0 Å². The average molecular weight is 446 g/mol. The van der Waals surface area contributed by atoms with Gasteiger partial charge in [0.1, 0.15) is 12.6 Å². The molecule has 1 saturated heterocycles. The quantitative estimate of drug-likeness (QED) is 0.605. The standard InChI is InChI=1S/C22H27N3O5S/c1-4-30-22(26)15-25-16(2)19(20(14-23)17(25)3)13-18-7-5-6-8-21(18)31(27,28)24-9-11-29-12-10-24/h5-8H,4,9-13,15H2,1-3H3. The number of hydrogen-bond acceptors (Lipinski definition) is 6. The largest absolute Gasteiger partial charge is 0.465 e. The van der Waals surface area contributed by atoms with Gasteiger partial charge in [0.15, 0.2) is 0 Å². The minimum absolute atomic E-state index is 0.00785. The number of carbonyl (C=O) groups excluding carboxylic acids is 1. The van der Waals surface area contributed by atoms with Crippen LogP contribution in [0.4, 0.5) is 0 Å². The van der Waals surface area contributed by atoms with Crippen LogP contribution in [-0.2, 0) is 37.3 Å². The number of hydrogen-bond donors (Lipinski definition) is 0. The second-order valence-corrected chi connectivity index (χ2v) is 9.23. The normalized spacial score (nSPS) is 14.9. The van der Waals surface area contributed by atoms with Gasteiger partial charge >= 0.3 is 5.97 Å². The van der Waals surface area contributed by atoms with Crippen molar-refractivity contribution in [1.82, 2.24) is 8.87 Å². The lowest BCUT2D eigenvalue weighted by molar-refractivity contribution is -0.143. The van der Waals surface area contributed by atoms with E-state index in [1.54, 1.807) is 42.7 Å². The Bertz CT molecular complexity index is 1110. The van der Waals surface area contributed by atoms with Crippen LogP contribution in [0.3, 0.4) is 0 Å². The highest BCUT2D eigenvalue weighted by molar-refractivity contribution is 7.89. The summed E-state index contributed by atoms with van der Waals surface area (Å²) in [4.78, 5) is 12.3. The smallest absolute Gasteiger partial charge is 0.325 e. The van der Waals surface area contributed by atoms with Gasteiger partial charge in [-0.2, -0.15) is 9.57 Å². The van der Waals surface area contributed by atoms with Crippen LogP contribution in [0.1, 0.15) is 35.0 Å². The van der Waals surface area contributed by atoms with Crippen molar-refractivity contribution in [2.45, 2.75) is 38.6 Å². The zero-order valence-corrected chi connectivity index (χ0v) is 18.9.